The molecule has 0 spiro atoms. The van der Waals surface area contributed by atoms with Crippen molar-refractivity contribution in [2.75, 3.05) is 43.5 Å². The predicted octanol–water partition coefficient (Wildman–Crippen LogP) is 4.58. The van der Waals surface area contributed by atoms with E-state index in [4.69, 9.17) is 14.2 Å². The summed E-state index contributed by atoms with van der Waals surface area (Å²) >= 11 is 0. The molecular formula is C34H36N4O5. The van der Waals surface area contributed by atoms with Gasteiger partial charge in [0.05, 0.1) is 48.9 Å². The van der Waals surface area contributed by atoms with Gasteiger partial charge in [0, 0.05) is 31.0 Å². The second-order valence-corrected chi connectivity index (χ2v) is 10.9. The molecule has 9 heteroatoms. The summed E-state index contributed by atoms with van der Waals surface area (Å²) in [5.74, 6) is -1.01. The second-order valence-electron chi connectivity index (χ2n) is 10.9. The quantitative estimate of drug-likeness (QED) is 0.266. The van der Waals surface area contributed by atoms with Crippen molar-refractivity contribution in [2.45, 2.75) is 38.1 Å². The van der Waals surface area contributed by atoms with Gasteiger partial charge in [-0.1, -0.05) is 48.5 Å². The molecule has 3 aliphatic rings. The Morgan fingerprint density at radius 1 is 1.05 bits per heavy atom. The maximum Gasteiger partial charge on any atom is 0.337 e. The van der Waals surface area contributed by atoms with Crippen LogP contribution >= 0.6 is 0 Å². The maximum absolute atomic E-state index is 13.7. The predicted molar refractivity (Wildman–Crippen MR) is 163 cm³/mol. The van der Waals surface area contributed by atoms with E-state index in [-0.39, 0.29) is 17.8 Å². The van der Waals surface area contributed by atoms with E-state index in [0.717, 1.165) is 49.8 Å². The van der Waals surface area contributed by atoms with E-state index in [1.54, 1.807) is 19.2 Å². The highest BCUT2D eigenvalue weighted by Gasteiger charge is 2.58. The zero-order valence-electron chi connectivity index (χ0n) is 24.4. The molecule has 2 N–H and O–H groups in total. The van der Waals surface area contributed by atoms with Crippen molar-refractivity contribution < 1.29 is 23.8 Å². The summed E-state index contributed by atoms with van der Waals surface area (Å²) in [5, 5.41) is 6.51. The van der Waals surface area contributed by atoms with Crippen molar-refractivity contribution in [3.8, 4) is 0 Å². The molecule has 1 aromatic heterocycles. The number of para-hydroxylation sites is 1. The Hall–Kier alpha value is -4.31. The first-order valence-corrected chi connectivity index (χ1v) is 14.7. The summed E-state index contributed by atoms with van der Waals surface area (Å²) in [6, 6.07) is 21.2. The van der Waals surface area contributed by atoms with Gasteiger partial charge in [-0.3, -0.25) is 14.7 Å². The van der Waals surface area contributed by atoms with Crippen LogP contribution < -0.4 is 10.6 Å². The van der Waals surface area contributed by atoms with Crippen LogP contribution in [0.3, 0.4) is 0 Å². The standard InChI is InChI=1S/C34H36N4O5/c1-3-42-33(40)30-29(32(39)37-27-14-9-23(2)35-21-27)28-15-16-34(30,43-28)31(36-26-7-5-4-6-8-26)25-12-10-24(11-13-25)22-38-17-19-41-20-18-38/h4-16,21,28,31,36H,3,17-20,22H2,1-2H3,(H,37,39). The lowest BCUT2D eigenvalue weighted by Crippen LogP contribution is -2.42. The number of morpholine rings is 1. The van der Waals surface area contributed by atoms with Crippen LogP contribution in [0.15, 0.2) is 96.2 Å². The number of benzene rings is 2. The van der Waals surface area contributed by atoms with Gasteiger partial charge in [-0.15, -0.1) is 0 Å². The molecule has 0 saturated carbocycles. The van der Waals surface area contributed by atoms with Crippen molar-refractivity contribution >= 4 is 23.3 Å². The van der Waals surface area contributed by atoms with E-state index >= 15 is 0 Å². The molecule has 1 fully saturated rings. The second kappa shape index (κ2) is 12.5. The molecule has 4 heterocycles. The number of amides is 1. The number of ether oxygens (including phenoxy) is 3. The summed E-state index contributed by atoms with van der Waals surface area (Å²) in [5.41, 5.74) is 3.47. The number of carbonyl (C=O) groups is 2. The lowest BCUT2D eigenvalue weighted by molar-refractivity contribution is -0.140. The van der Waals surface area contributed by atoms with E-state index in [1.165, 1.54) is 5.56 Å². The third-order valence-corrected chi connectivity index (χ3v) is 8.02. The molecule has 2 aromatic carbocycles. The van der Waals surface area contributed by atoms with Crippen LogP contribution in [-0.4, -0.2) is 66.4 Å². The fourth-order valence-electron chi connectivity index (χ4n) is 5.91. The van der Waals surface area contributed by atoms with Gasteiger partial charge in [0.25, 0.3) is 5.91 Å². The van der Waals surface area contributed by atoms with Crippen LogP contribution in [0.25, 0.3) is 0 Å². The average molecular weight is 581 g/mol. The highest BCUT2D eigenvalue weighted by atomic mass is 16.5. The lowest BCUT2D eigenvalue weighted by atomic mass is 9.78. The third-order valence-electron chi connectivity index (χ3n) is 8.02. The molecule has 0 aliphatic carbocycles. The summed E-state index contributed by atoms with van der Waals surface area (Å²) < 4.78 is 17.7. The normalized spacial score (nSPS) is 22.0. The monoisotopic (exact) mass is 580 g/mol. The largest absolute Gasteiger partial charge is 0.463 e. The first-order valence-electron chi connectivity index (χ1n) is 14.7. The van der Waals surface area contributed by atoms with Gasteiger partial charge in [-0.05, 0) is 55.3 Å². The fraction of sp³-hybridized carbons (Fsp3) is 0.324. The minimum atomic E-state index is -1.28. The van der Waals surface area contributed by atoms with Gasteiger partial charge in [0.1, 0.15) is 11.7 Å². The summed E-state index contributed by atoms with van der Waals surface area (Å²) in [4.78, 5) is 34.1. The van der Waals surface area contributed by atoms with Crippen LogP contribution in [0.2, 0.25) is 0 Å². The Morgan fingerprint density at radius 3 is 2.51 bits per heavy atom. The van der Waals surface area contributed by atoms with Crippen molar-refractivity contribution in [3.63, 3.8) is 0 Å². The van der Waals surface area contributed by atoms with E-state index in [0.29, 0.717) is 5.69 Å². The van der Waals surface area contributed by atoms with Crippen molar-refractivity contribution in [2.24, 2.45) is 0 Å². The van der Waals surface area contributed by atoms with Crippen LogP contribution in [0.4, 0.5) is 11.4 Å². The smallest absolute Gasteiger partial charge is 0.337 e. The highest BCUT2D eigenvalue weighted by molar-refractivity contribution is 6.12. The van der Waals surface area contributed by atoms with Gasteiger partial charge < -0.3 is 24.8 Å². The summed E-state index contributed by atoms with van der Waals surface area (Å²) in [6.07, 6.45) is 4.61. The Labute approximate surface area is 251 Å². The number of nitrogens with zero attached hydrogens (tertiary/aromatic N) is 2. The number of aromatic nitrogens is 1. The minimum Gasteiger partial charge on any atom is -0.463 e. The summed E-state index contributed by atoms with van der Waals surface area (Å²) in [6.45, 7) is 7.91. The lowest BCUT2D eigenvalue weighted by Gasteiger charge is -2.36. The number of aryl methyl sites for hydroxylation is 1. The number of rotatable bonds is 10. The van der Waals surface area contributed by atoms with Crippen LogP contribution in [0.1, 0.15) is 29.8 Å². The van der Waals surface area contributed by atoms with E-state index in [2.05, 4.69) is 44.8 Å². The zero-order chi connectivity index (χ0) is 29.8. The van der Waals surface area contributed by atoms with Crippen LogP contribution in [0, 0.1) is 6.92 Å². The Balaban J connectivity index is 1.39. The first-order chi connectivity index (χ1) is 21.0. The molecule has 43 heavy (non-hydrogen) atoms. The minimum absolute atomic E-state index is 0.163. The number of nitrogens with one attached hydrogen (secondary N) is 2. The van der Waals surface area contributed by atoms with E-state index in [1.807, 2.05) is 55.5 Å². The van der Waals surface area contributed by atoms with E-state index < -0.39 is 29.6 Å². The molecule has 9 nitrogen and oxygen atoms in total. The molecule has 3 atom stereocenters. The Morgan fingerprint density at radius 2 is 1.81 bits per heavy atom. The van der Waals surface area contributed by atoms with Gasteiger partial charge in [-0.25, -0.2) is 4.79 Å². The topological polar surface area (TPSA) is 102 Å². The molecule has 1 saturated heterocycles. The number of esters is 1. The van der Waals surface area contributed by atoms with Crippen LogP contribution in [-0.2, 0) is 30.3 Å². The number of pyridine rings is 1. The molecule has 3 unspecified atom stereocenters. The van der Waals surface area contributed by atoms with Crippen molar-refractivity contribution in [3.05, 3.63) is 113 Å². The Bertz CT molecular complexity index is 1510. The van der Waals surface area contributed by atoms with Gasteiger partial charge in [0.2, 0.25) is 0 Å². The SMILES string of the molecule is CCOC(=O)C1=C(C(=O)Nc2ccc(C)nc2)C2C=CC1(C(Nc1ccccc1)c1ccc(CN3CCOCC3)cc1)O2. The van der Waals surface area contributed by atoms with Gasteiger partial charge in [-0.2, -0.15) is 0 Å². The molecule has 1 amide bonds. The molecule has 3 aliphatic heterocycles. The molecule has 0 radical (unpaired) electrons. The molecular weight excluding hydrogens is 544 g/mol. The molecule has 222 valence electrons. The average Bonchev–Trinajstić information content (AvgIpc) is 3.61. The van der Waals surface area contributed by atoms with Gasteiger partial charge >= 0.3 is 5.97 Å². The molecule has 3 aromatic rings. The highest BCUT2D eigenvalue weighted by Crippen LogP contribution is 2.51. The van der Waals surface area contributed by atoms with Gasteiger partial charge in [0.15, 0.2) is 0 Å². The zero-order valence-corrected chi connectivity index (χ0v) is 24.4. The Kier molecular flexibility index (Phi) is 8.38. The fourth-order valence-corrected chi connectivity index (χ4v) is 5.91. The third kappa shape index (κ3) is 5.97. The number of hydrogen-bond donors (Lipinski definition) is 2. The first kappa shape index (κ1) is 28.8. The number of carbonyl (C=O) groups excluding carboxylic acids is 2. The molecule has 2 bridgehead atoms. The molecule has 6 rings (SSSR count). The van der Waals surface area contributed by atoms with Crippen molar-refractivity contribution in [1.29, 1.82) is 0 Å². The number of fused-ring (bicyclic) bond motifs is 2. The summed E-state index contributed by atoms with van der Waals surface area (Å²) in [7, 11) is 0. The van der Waals surface area contributed by atoms with Crippen molar-refractivity contribution in [1.82, 2.24) is 9.88 Å². The van der Waals surface area contributed by atoms with E-state index in [9.17, 15) is 9.59 Å². The number of anilines is 2. The van der Waals surface area contributed by atoms with Crippen LogP contribution in [0.5, 0.6) is 0 Å². The number of hydrogen-bond acceptors (Lipinski definition) is 8. The maximum atomic E-state index is 13.7.